The predicted molar refractivity (Wildman–Crippen MR) is 129 cm³/mol. The van der Waals surface area contributed by atoms with E-state index in [4.69, 9.17) is 4.99 Å². The van der Waals surface area contributed by atoms with Crippen LogP contribution >= 0.6 is 11.3 Å². The van der Waals surface area contributed by atoms with Gasteiger partial charge in [0.2, 0.25) is 5.96 Å². The van der Waals surface area contributed by atoms with E-state index in [2.05, 4.69) is 52.0 Å². The number of nitrogens with zero attached hydrogens (tertiary/aromatic N) is 3. The number of fused-ring (bicyclic) bond motifs is 1. The summed E-state index contributed by atoms with van der Waals surface area (Å²) in [5.74, 6) is 0.789. The van der Waals surface area contributed by atoms with Crippen LogP contribution in [-0.2, 0) is 13.0 Å². The summed E-state index contributed by atoms with van der Waals surface area (Å²) in [7, 11) is 0. The van der Waals surface area contributed by atoms with E-state index in [9.17, 15) is 4.79 Å². The molecular weight excluding hydrogens is 406 g/mol. The molecule has 2 aromatic rings. The Kier molecular flexibility index (Phi) is 7.63. The molecule has 162 valence electrons. The molecule has 0 saturated carbocycles. The summed E-state index contributed by atoms with van der Waals surface area (Å²) in [6.07, 6.45) is 8.85. The van der Waals surface area contributed by atoms with Gasteiger partial charge in [0.1, 0.15) is 0 Å². The van der Waals surface area contributed by atoms with E-state index in [1.165, 1.54) is 5.56 Å². The van der Waals surface area contributed by atoms with E-state index in [1.807, 2.05) is 23.2 Å². The molecule has 7 heteroatoms. The number of carbonyl (C=O) groups is 1. The van der Waals surface area contributed by atoms with Gasteiger partial charge in [-0.2, -0.15) is 0 Å². The second-order valence-electron chi connectivity index (χ2n) is 7.65. The Labute approximate surface area is 187 Å². The Morgan fingerprint density at radius 1 is 1.19 bits per heavy atom. The fraction of sp³-hybridized carbons (Fsp3) is 0.375. The highest BCUT2D eigenvalue weighted by molar-refractivity contribution is 7.15. The highest BCUT2D eigenvalue weighted by Gasteiger charge is 2.21. The summed E-state index contributed by atoms with van der Waals surface area (Å²) in [5.41, 5.74) is 2.43. The molecule has 2 aliphatic rings. The Morgan fingerprint density at radius 2 is 2.03 bits per heavy atom. The fourth-order valence-electron chi connectivity index (χ4n) is 3.65. The van der Waals surface area contributed by atoms with Crippen molar-refractivity contribution in [3.05, 3.63) is 63.4 Å². The van der Waals surface area contributed by atoms with Gasteiger partial charge in [-0.25, -0.2) is 9.98 Å². The summed E-state index contributed by atoms with van der Waals surface area (Å²) >= 11 is 1.56. The topological polar surface area (TPSA) is 69.1 Å². The van der Waals surface area contributed by atoms with Crippen molar-refractivity contribution in [1.82, 2.24) is 15.5 Å². The van der Waals surface area contributed by atoms with Crippen molar-refractivity contribution in [1.29, 1.82) is 0 Å². The lowest BCUT2D eigenvalue weighted by Gasteiger charge is -2.26. The van der Waals surface area contributed by atoms with Crippen LogP contribution in [-0.4, -0.2) is 55.7 Å². The van der Waals surface area contributed by atoms with Gasteiger partial charge in [-0.3, -0.25) is 4.79 Å². The van der Waals surface area contributed by atoms with E-state index in [-0.39, 0.29) is 5.91 Å². The van der Waals surface area contributed by atoms with E-state index >= 15 is 0 Å². The molecule has 1 fully saturated rings. The van der Waals surface area contributed by atoms with Crippen molar-refractivity contribution in [2.45, 2.75) is 25.8 Å². The van der Waals surface area contributed by atoms with Crippen LogP contribution in [0.2, 0.25) is 0 Å². The normalized spacial score (nSPS) is 20.3. The molecule has 1 aromatic carbocycles. The average Bonchev–Trinajstić information content (AvgIpc) is 3.23. The predicted octanol–water partition coefficient (Wildman–Crippen LogP) is 3.36. The minimum absolute atomic E-state index is 0.127. The smallest absolute Gasteiger partial charge is 0.264 e. The largest absolute Gasteiger partial charge is 0.355 e. The first kappa shape index (κ1) is 21.5. The zero-order valence-electron chi connectivity index (χ0n) is 17.7. The number of amides is 1. The first-order chi connectivity index (χ1) is 15.3. The van der Waals surface area contributed by atoms with Crippen molar-refractivity contribution in [3.8, 4) is 0 Å². The lowest BCUT2D eigenvalue weighted by atomic mass is 10.1. The zero-order valence-corrected chi connectivity index (χ0v) is 18.5. The number of guanidine groups is 1. The van der Waals surface area contributed by atoms with Crippen LogP contribution in [0.1, 0.15) is 38.5 Å². The fourth-order valence-corrected chi connectivity index (χ4v) is 4.72. The summed E-state index contributed by atoms with van der Waals surface area (Å²) < 4.78 is 0. The van der Waals surface area contributed by atoms with Gasteiger partial charge in [-0.05, 0) is 36.1 Å². The van der Waals surface area contributed by atoms with Gasteiger partial charge in [-0.15, -0.1) is 11.3 Å². The first-order valence-electron chi connectivity index (χ1n) is 10.9. The molecule has 31 heavy (non-hydrogen) atoms. The van der Waals surface area contributed by atoms with Gasteiger partial charge in [0, 0.05) is 50.2 Å². The Bertz CT molecular complexity index is 958. The highest BCUT2D eigenvalue weighted by Crippen LogP contribution is 2.26. The molecule has 0 bridgehead atoms. The third-order valence-corrected chi connectivity index (χ3v) is 6.48. The second-order valence-corrected chi connectivity index (χ2v) is 8.73. The van der Waals surface area contributed by atoms with Crippen LogP contribution in [0.3, 0.4) is 0 Å². The van der Waals surface area contributed by atoms with E-state index in [1.54, 1.807) is 11.3 Å². The molecule has 1 saturated heterocycles. The van der Waals surface area contributed by atoms with Crippen LogP contribution in [0.15, 0.2) is 52.5 Å². The number of allylic oxidation sites excluding steroid dienone is 1. The Balaban J connectivity index is 1.39. The first-order valence-corrected chi connectivity index (χ1v) is 11.8. The number of aliphatic imine (C=N–C) groups is 2. The molecule has 0 radical (unpaired) electrons. The summed E-state index contributed by atoms with van der Waals surface area (Å²) in [5, 5.41) is 6.66. The lowest BCUT2D eigenvalue weighted by Crippen LogP contribution is -2.46. The highest BCUT2D eigenvalue weighted by atomic mass is 32.1. The number of aryl methyl sites for hydroxylation is 1. The molecular formula is C24H29N5OS. The molecule has 4 rings (SSSR count). The average molecular weight is 436 g/mol. The molecule has 1 aromatic heterocycles. The zero-order chi connectivity index (χ0) is 21.3. The van der Waals surface area contributed by atoms with E-state index in [0.717, 1.165) is 67.3 Å². The number of hydrogen-bond donors (Lipinski definition) is 2. The van der Waals surface area contributed by atoms with Gasteiger partial charge in [0.25, 0.3) is 5.91 Å². The van der Waals surface area contributed by atoms with E-state index in [0.29, 0.717) is 12.5 Å². The van der Waals surface area contributed by atoms with Crippen LogP contribution in [0.4, 0.5) is 0 Å². The molecule has 2 N–H and O–H groups in total. The maximum atomic E-state index is 12.9. The molecule has 0 unspecified atom stereocenters. The molecule has 0 atom stereocenters. The number of nitrogens with one attached hydrogen (secondary N) is 2. The summed E-state index contributed by atoms with van der Waals surface area (Å²) in [4.78, 5) is 25.9. The second kappa shape index (κ2) is 11.0. The maximum Gasteiger partial charge on any atom is 0.264 e. The molecule has 3 heterocycles. The maximum absolute atomic E-state index is 12.9. The minimum atomic E-state index is 0.127. The van der Waals surface area contributed by atoms with Crippen molar-refractivity contribution < 1.29 is 4.79 Å². The van der Waals surface area contributed by atoms with E-state index < -0.39 is 0 Å². The Morgan fingerprint density at radius 3 is 2.87 bits per heavy atom. The van der Waals surface area contributed by atoms with Crippen molar-refractivity contribution in [2.24, 2.45) is 9.98 Å². The van der Waals surface area contributed by atoms with Gasteiger partial charge in [0.15, 0.2) is 0 Å². The van der Waals surface area contributed by atoms with Crippen molar-refractivity contribution in [2.75, 3.05) is 32.7 Å². The number of piperazine rings is 1. The number of rotatable bonds is 5. The van der Waals surface area contributed by atoms with Crippen LogP contribution in [0, 0.1) is 0 Å². The van der Waals surface area contributed by atoms with Crippen molar-refractivity contribution in [3.63, 3.8) is 0 Å². The number of thiophene rings is 1. The van der Waals surface area contributed by atoms with Crippen LogP contribution < -0.4 is 10.6 Å². The summed E-state index contributed by atoms with van der Waals surface area (Å²) in [6, 6.07) is 12.5. The van der Waals surface area contributed by atoms with Gasteiger partial charge >= 0.3 is 0 Å². The lowest BCUT2D eigenvalue weighted by molar-refractivity contribution is 0.0740. The molecule has 2 aliphatic heterocycles. The monoisotopic (exact) mass is 435 g/mol. The van der Waals surface area contributed by atoms with Crippen LogP contribution in [0.25, 0.3) is 6.08 Å². The standard InChI is InChI=1S/C24H29N5OS/c30-23(29-15-13-25-14-16-29)22-17-20-18-28-24(26-11-5-4-10-21(20)31-22)27-12-6-9-19-7-2-1-3-8-19/h1-4,7-8,10-11,17,25H,5-6,9,12-16,18H2,(H,27,28)/b10-4-,26-11-. The number of hydrogen-bond acceptors (Lipinski definition) is 6. The SMILES string of the molecule is O=C(c1cc2c(s1)/C=C\C/C=N\C(NCCCc1ccccc1)=N/C2)N1CCNCC1. The quantitative estimate of drug-likeness (QED) is 0.708. The third-order valence-electron chi connectivity index (χ3n) is 5.35. The minimum Gasteiger partial charge on any atom is -0.355 e. The Hall–Kier alpha value is -2.77. The van der Waals surface area contributed by atoms with Gasteiger partial charge in [0.05, 0.1) is 11.4 Å². The molecule has 6 nitrogen and oxygen atoms in total. The molecule has 1 amide bonds. The number of benzene rings is 1. The molecule has 0 spiro atoms. The van der Waals surface area contributed by atoms with Gasteiger partial charge in [-0.1, -0.05) is 36.4 Å². The third kappa shape index (κ3) is 6.12. The van der Waals surface area contributed by atoms with Crippen molar-refractivity contribution >= 4 is 35.5 Å². The molecule has 0 aliphatic carbocycles. The summed E-state index contributed by atoms with van der Waals surface area (Å²) in [6.45, 7) is 4.59. The van der Waals surface area contributed by atoms with Gasteiger partial charge < -0.3 is 15.5 Å². The number of carbonyl (C=O) groups excluding carboxylic acids is 1. The van der Waals surface area contributed by atoms with Crippen LogP contribution in [0.5, 0.6) is 0 Å².